The average Bonchev–Trinajstić information content (AvgIpc) is 3.02. The van der Waals surface area contributed by atoms with Crippen LogP contribution >= 0.6 is 0 Å². The van der Waals surface area contributed by atoms with Crippen molar-refractivity contribution in [1.29, 1.82) is 0 Å². The Balaban J connectivity index is 2.02. The minimum Gasteiger partial charge on any atom is -0.382 e. The highest BCUT2D eigenvalue weighted by Gasteiger charge is 2.16. The standard InChI is InChI=1S/C13H12N8/c1-6-3-7-8(19-20-11(7)15-4-6)12-17-10(14)9-13(18-12)16-5-21(9)2/h3-5H,1-2H3,(H2,14,17,18)(H,15,19,20). The highest BCUT2D eigenvalue weighted by atomic mass is 15.2. The van der Waals surface area contributed by atoms with Gasteiger partial charge in [0.05, 0.1) is 11.7 Å². The lowest BCUT2D eigenvalue weighted by Gasteiger charge is -2.01. The van der Waals surface area contributed by atoms with Gasteiger partial charge in [0.2, 0.25) is 0 Å². The molecular formula is C13H12N8. The van der Waals surface area contributed by atoms with E-state index < -0.39 is 0 Å². The number of nitrogens with two attached hydrogens (primary N) is 1. The fraction of sp³-hybridized carbons (Fsp3) is 0.154. The van der Waals surface area contributed by atoms with E-state index in [-0.39, 0.29) is 0 Å². The molecule has 0 aliphatic rings. The number of rotatable bonds is 1. The first-order chi connectivity index (χ1) is 10.1. The van der Waals surface area contributed by atoms with E-state index in [2.05, 4.69) is 30.1 Å². The third kappa shape index (κ3) is 1.65. The summed E-state index contributed by atoms with van der Waals surface area (Å²) in [6.45, 7) is 1.97. The monoisotopic (exact) mass is 280 g/mol. The number of H-pyrrole nitrogens is 1. The number of aromatic amines is 1. The van der Waals surface area contributed by atoms with E-state index in [1.165, 1.54) is 0 Å². The summed E-state index contributed by atoms with van der Waals surface area (Å²) in [6.07, 6.45) is 3.44. The molecule has 8 heteroatoms. The normalized spacial score (nSPS) is 11.5. The summed E-state index contributed by atoms with van der Waals surface area (Å²) < 4.78 is 1.79. The first-order valence-corrected chi connectivity index (χ1v) is 6.39. The van der Waals surface area contributed by atoms with E-state index in [1.54, 1.807) is 17.1 Å². The summed E-state index contributed by atoms with van der Waals surface area (Å²) in [4.78, 5) is 17.3. The Bertz CT molecular complexity index is 981. The first kappa shape index (κ1) is 11.8. The summed E-state index contributed by atoms with van der Waals surface area (Å²) in [7, 11) is 1.85. The van der Waals surface area contributed by atoms with Crippen molar-refractivity contribution in [3.8, 4) is 11.5 Å². The molecule has 0 amide bonds. The summed E-state index contributed by atoms with van der Waals surface area (Å²) in [6, 6.07) is 1.99. The molecule has 0 bridgehead atoms. The number of imidazole rings is 1. The second-order valence-electron chi connectivity index (χ2n) is 4.94. The Morgan fingerprint density at radius 2 is 2.10 bits per heavy atom. The quantitative estimate of drug-likeness (QED) is 0.541. The number of anilines is 1. The van der Waals surface area contributed by atoms with Gasteiger partial charge >= 0.3 is 0 Å². The van der Waals surface area contributed by atoms with Crippen molar-refractivity contribution in [1.82, 2.24) is 34.7 Å². The Morgan fingerprint density at radius 1 is 1.24 bits per heavy atom. The van der Waals surface area contributed by atoms with Gasteiger partial charge in [0.1, 0.15) is 11.2 Å². The SMILES string of the molecule is Cc1cnc2[nH]nc(-c3nc(N)c4c(ncn4C)n3)c2c1. The summed E-state index contributed by atoms with van der Waals surface area (Å²) in [5.74, 6) is 0.823. The lowest BCUT2D eigenvalue weighted by Crippen LogP contribution is -2.00. The van der Waals surface area contributed by atoms with Crippen LogP contribution in [0.25, 0.3) is 33.7 Å². The maximum absolute atomic E-state index is 6.02. The topological polar surface area (TPSA) is 111 Å². The predicted octanol–water partition coefficient (Wildman–Crippen LogP) is 1.19. The lowest BCUT2D eigenvalue weighted by molar-refractivity contribution is 0.946. The van der Waals surface area contributed by atoms with Crippen LogP contribution in [0.4, 0.5) is 5.82 Å². The number of pyridine rings is 1. The predicted molar refractivity (Wildman–Crippen MR) is 78.3 cm³/mol. The molecule has 0 spiro atoms. The molecule has 0 radical (unpaired) electrons. The number of aryl methyl sites for hydroxylation is 2. The van der Waals surface area contributed by atoms with E-state index in [0.29, 0.717) is 34.1 Å². The maximum atomic E-state index is 6.02. The zero-order valence-electron chi connectivity index (χ0n) is 11.5. The molecule has 0 saturated carbocycles. The van der Waals surface area contributed by atoms with Crippen LogP contribution in [0, 0.1) is 6.92 Å². The molecule has 0 aliphatic carbocycles. The van der Waals surface area contributed by atoms with Crippen molar-refractivity contribution in [3.05, 3.63) is 24.2 Å². The highest BCUT2D eigenvalue weighted by Crippen LogP contribution is 2.26. The number of nitrogens with zero attached hydrogens (tertiary/aromatic N) is 6. The van der Waals surface area contributed by atoms with Gasteiger partial charge in [-0.05, 0) is 18.6 Å². The van der Waals surface area contributed by atoms with Gasteiger partial charge in [-0.15, -0.1) is 0 Å². The van der Waals surface area contributed by atoms with Crippen LogP contribution in [0.1, 0.15) is 5.56 Å². The zero-order chi connectivity index (χ0) is 14.6. The highest BCUT2D eigenvalue weighted by molar-refractivity contribution is 5.91. The van der Waals surface area contributed by atoms with Crippen LogP contribution in [0.15, 0.2) is 18.6 Å². The zero-order valence-corrected chi connectivity index (χ0v) is 11.5. The van der Waals surface area contributed by atoms with E-state index >= 15 is 0 Å². The molecule has 3 N–H and O–H groups in total. The number of aromatic nitrogens is 7. The molecule has 21 heavy (non-hydrogen) atoms. The van der Waals surface area contributed by atoms with Gasteiger partial charge in [-0.2, -0.15) is 5.10 Å². The second kappa shape index (κ2) is 3.98. The van der Waals surface area contributed by atoms with E-state index in [9.17, 15) is 0 Å². The van der Waals surface area contributed by atoms with Crippen molar-refractivity contribution in [2.24, 2.45) is 7.05 Å². The van der Waals surface area contributed by atoms with Gasteiger partial charge in [-0.1, -0.05) is 0 Å². The fourth-order valence-corrected chi connectivity index (χ4v) is 2.37. The van der Waals surface area contributed by atoms with Crippen LogP contribution < -0.4 is 5.73 Å². The minimum atomic E-state index is 0.381. The van der Waals surface area contributed by atoms with Crippen molar-refractivity contribution in [2.45, 2.75) is 6.92 Å². The first-order valence-electron chi connectivity index (χ1n) is 6.39. The molecule has 0 saturated heterocycles. The van der Waals surface area contributed by atoms with Crippen molar-refractivity contribution >= 4 is 28.0 Å². The van der Waals surface area contributed by atoms with Crippen LogP contribution in [-0.2, 0) is 7.05 Å². The van der Waals surface area contributed by atoms with Gasteiger partial charge in [0.15, 0.2) is 22.9 Å². The number of hydrogen-bond donors (Lipinski definition) is 2. The molecule has 4 heterocycles. The van der Waals surface area contributed by atoms with Crippen LogP contribution in [-0.4, -0.2) is 34.7 Å². The average molecular weight is 280 g/mol. The summed E-state index contributed by atoms with van der Waals surface area (Å²) >= 11 is 0. The Kier molecular flexibility index (Phi) is 2.23. The van der Waals surface area contributed by atoms with Crippen molar-refractivity contribution in [2.75, 3.05) is 5.73 Å². The van der Waals surface area contributed by atoms with Crippen LogP contribution in [0.5, 0.6) is 0 Å². The Morgan fingerprint density at radius 3 is 2.95 bits per heavy atom. The molecule has 4 rings (SSSR count). The van der Waals surface area contributed by atoms with Gasteiger partial charge < -0.3 is 10.3 Å². The van der Waals surface area contributed by atoms with Gasteiger partial charge in [0, 0.05) is 13.2 Å². The molecule has 0 aromatic carbocycles. The second-order valence-corrected chi connectivity index (χ2v) is 4.94. The molecule has 0 atom stereocenters. The van der Waals surface area contributed by atoms with Crippen LogP contribution in [0.2, 0.25) is 0 Å². The fourth-order valence-electron chi connectivity index (χ4n) is 2.37. The smallest absolute Gasteiger partial charge is 0.185 e. The largest absolute Gasteiger partial charge is 0.382 e. The Labute approximate surface area is 119 Å². The molecular weight excluding hydrogens is 268 g/mol. The molecule has 4 aromatic rings. The van der Waals surface area contributed by atoms with Gasteiger partial charge in [-0.3, -0.25) is 5.10 Å². The molecule has 0 aliphatic heterocycles. The molecule has 104 valence electrons. The van der Waals surface area contributed by atoms with Crippen LogP contribution in [0.3, 0.4) is 0 Å². The number of nitrogen functional groups attached to an aromatic ring is 1. The third-order valence-electron chi connectivity index (χ3n) is 3.36. The minimum absolute atomic E-state index is 0.381. The van der Waals surface area contributed by atoms with E-state index in [0.717, 1.165) is 10.9 Å². The van der Waals surface area contributed by atoms with Crippen molar-refractivity contribution in [3.63, 3.8) is 0 Å². The summed E-state index contributed by atoms with van der Waals surface area (Å²) in [5.41, 5.74) is 9.64. The number of hydrogen-bond acceptors (Lipinski definition) is 6. The number of nitrogens with one attached hydrogen (secondary N) is 1. The Hall–Kier alpha value is -3.03. The summed E-state index contributed by atoms with van der Waals surface area (Å²) in [5, 5.41) is 8.00. The maximum Gasteiger partial charge on any atom is 0.185 e. The van der Waals surface area contributed by atoms with E-state index in [1.807, 2.05) is 20.0 Å². The molecule has 0 unspecified atom stereocenters. The molecule has 8 nitrogen and oxygen atoms in total. The third-order valence-corrected chi connectivity index (χ3v) is 3.36. The molecule has 0 fully saturated rings. The number of fused-ring (bicyclic) bond motifs is 2. The lowest BCUT2D eigenvalue weighted by atomic mass is 10.2. The van der Waals surface area contributed by atoms with Gasteiger partial charge in [0.25, 0.3) is 0 Å². The van der Waals surface area contributed by atoms with E-state index in [4.69, 9.17) is 5.73 Å². The molecule has 4 aromatic heterocycles. The van der Waals surface area contributed by atoms with Gasteiger partial charge in [-0.25, -0.2) is 19.9 Å². The van der Waals surface area contributed by atoms with Crippen molar-refractivity contribution < 1.29 is 0 Å².